The monoisotopic (exact) mass is 278 g/mol. The van der Waals surface area contributed by atoms with Gasteiger partial charge in [0.2, 0.25) is 0 Å². The van der Waals surface area contributed by atoms with Gasteiger partial charge in [-0.05, 0) is 26.3 Å². The minimum Gasteiger partial charge on any atom is -0.469 e. The van der Waals surface area contributed by atoms with Crippen LogP contribution in [0, 0.1) is 0 Å². The van der Waals surface area contributed by atoms with Gasteiger partial charge in [0.1, 0.15) is 5.60 Å². The van der Waals surface area contributed by atoms with Crippen molar-refractivity contribution in [3.8, 4) is 0 Å². The van der Waals surface area contributed by atoms with Crippen molar-refractivity contribution >= 4 is 11.9 Å². The van der Waals surface area contributed by atoms with Gasteiger partial charge in [-0.2, -0.15) is 0 Å². The lowest BCUT2D eigenvalue weighted by molar-refractivity contribution is -0.155. The van der Waals surface area contributed by atoms with Crippen molar-refractivity contribution in [3.63, 3.8) is 0 Å². The third kappa shape index (κ3) is 5.87. The molecule has 0 aliphatic carbocycles. The Bertz CT molecular complexity index is 445. The summed E-state index contributed by atoms with van der Waals surface area (Å²) in [5.74, 6) is -0.865. The van der Waals surface area contributed by atoms with Crippen LogP contribution in [0.4, 0.5) is 0 Å². The molecule has 0 saturated heterocycles. The highest BCUT2D eigenvalue weighted by molar-refractivity contribution is 5.74. The third-order valence-electron chi connectivity index (χ3n) is 2.74. The molecule has 0 unspecified atom stereocenters. The van der Waals surface area contributed by atoms with E-state index in [1.807, 2.05) is 51.1 Å². The molecule has 1 atom stereocenters. The number of benzene rings is 1. The Balaban J connectivity index is 2.78. The SMILES string of the molecule is COC(=O)C[C@H](CC(=O)OC(C)(C)C)c1ccccc1. The molecule has 4 nitrogen and oxygen atoms in total. The molecule has 4 heteroatoms. The van der Waals surface area contributed by atoms with E-state index in [9.17, 15) is 9.59 Å². The Morgan fingerprint density at radius 1 is 1.05 bits per heavy atom. The van der Waals surface area contributed by atoms with E-state index in [2.05, 4.69) is 0 Å². The first-order valence-corrected chi connectivity index (χ1v) is 6.65. The maximum Gasteiger partial charge on any atom is 0.306 e. The van der Waals surface area contributed by atoms with Gasteiger partial charge < -0.3 is 9.47 Å². The van der Waals surface area contributed by atoms with Gasteiger partial charge in [0, 0.05) is 5.92 Å². The predicted octanol–water partition coefficient (Wildman–Crippen LogP) is 3.07. The quantitative estimate of drug-likeness (QED) is 0.777. The van der Waals surface area contributed by atoms with Gasteiger partial charge in [-0.3, -0.25) is 9.59 Å². The van der Waals surface area contributed by atoms with Crippen LogP contribution in [0.5, 0.6) is 0 Å². The first-order valence-electron chi connectivity index (χ1n) is 6.65. The lowest BCUT2D eigenvalue weighted by atomic mass is 9.92. The molecule has 1 rings (SSSR count). The van der Waals surface area contributed by atoms with Crippen molar-refractivity contribution in [1.29, 1.82) is 0 Å². The van der Waals surface area contributed by atoms with Gasteiger partial charge >= 0.3 is 11.9 Å². The smallest absolute Gasteiger partial charge is 0.306 e. The molecule has 0 aromatic heterocycles. The van der Waals surface area contributed by atoms with Crippen molar-refractivity contribution in [2.24, 2.45) is 0 Å². The molecule has 0 N–H and O–H groups in total. The fourth-order valence-corrected chi connectivity index (χ4v) is 1.90. The zero-order chi connectivity index (χ0) is 15.2. The van der Waals surface area contributed by atoms with Crippen molar-refractivity contribution in [2.45, 2.75) is 45.1 Å². The van der Waals surface area contributed by atoms with Crippen LogP contribution in [0.15, 0.2) is 30.3 Å². The molecule has 0 spiro atoms. The summed E-state index contributed by atoms with van der Waals surface area (Å²) in [5, 5.41) is 0. The van der Waals surface area contributed by atoms with E-state index in [0.717, 1.165) is 5.56 Å². The molecule has 110 valence electrons. The average molecular weight is 278 g/mol. The number of esters is 2. The average Bonchev–Trinajstić information content (AvgIpc) is 2.36. The molecule has 0 fully saturated rings. The summed E-state index contributed by atoms with van der Waals surface area (Å²) in [4.78, 5) is 23.4. The predicted molar refractivity (Wildman–Crippen MR) is 76.3 cm³/mol. The van der Waals surface area contributed by atoms with Crippen molar-refractivity contribution in [1.82, 2.24) is 0 Å². The normalized spacial score (nSPS) is 12.6. The van der Waals surface area contributed by atoms with Crippen molar-refractivity contribution < 1.29 is 19.1 Å². The maximum absolute atomic E-state index is 11.9. The summed E-state index contributed by atoms with van der Waals surface area (Å²) in [5.41, 5.74) is 0.410. The molecule has 20 heavy (non-hydrogen) atoms. The minimum absolute atomic E-state index is 0.163. The largest absolute Gasteiger partial charge is 0.469 e. The molecule has 0 amide bonds. The number of methoxy groups -OCH3 is 1. The molecule has 0 aliphatic rings. The lowest BCUT2D eigenvalue weighted by Gasteiger charge is -2.22. The standard InChI is InChI=1S/C16H22O4/c1-16(2,3)20-15(18)11-13(10-14(17)19-4)12-8-6-5-7-9-12/h5-9,13H,10-11H2,1-4H3/t13-/m1/s1. The molecule has 0 saturated carbocycles. The Labute approximate surface area is 120 Å². The number of carbonyl (C=O) groups is 2. The Kier molecular flexibility index (Phi) is 5.74. The summed E-state index contributed by atoms with van der Waals surface area (Å²) in [6, 6.07) is 9.46. The second kappa shape index (κ2) is 7.08. The Hall–Kier alpha value is -1.84. The van der Waals surface area contributed by atoms with Gasteiger partial charge in [-0.25, -0.2) is 0 Å². The van der Waals surface area contributed by atoms with Gasteiger partial charge in [0.25, 0.3) is 0 Å². The summed E-state index contributed by atoms with van der Waals surface area (Å²) in [6.45, 7) is 5.47. The maximum atomic E-state index is 11.9. The molecule has 1 aromatic rings. The molecular weight excluding hydrogens is 256 g/mol. The first-order chi connectivity index (χ1) is 9.31. The van der Waals surface area contributed by atoms with E-state index < -0.39 is 5.60 Å². The highest BCUT2D eigenvalue weighted by Crippen LogP contribution is 2.25. The summed E-state index contributed by atoms with van der Waals surface area (Å²) < 4.78 is 10.0. The number of rotatable bonds is 5. The van der Waals surface area contributed by atoms with Gasteiger partial charge in [-0.1, -0.05) is 30.3 Å². The van der Waals surface area contributed by atoms with Crippen LogP contribution in [0.25, 0.3) is 0 Å². The van der Waals surface area contributed by atoms with Gasteiger partial charge in [0.05, 0.1) is 20.0 Å². The molecule has 0 bridgehead atoms. The number of ether oxygens (including phenoxy) is 2. The van der Waals surface area contributed by atoms with E-state index in [-0.39, 0.29) is 30.7 Å². The van der Waals surface area contributed by atoms with Crippen LogP contribution in [0.1, 0.15) is 45.1 Å². The minimum atomic E-state index is -0.524. The lowest BCUT2D eigenvalue weighted by Crippen LogP contribution is -2.25. The number of carbonyl (C=O) groups excluding carboxylic acids is 2. The van der Waals surface area contributed by atoms with Crippen molar-refractivity contribution in [3.05, 3.63) is 35.9 Å². The van der Waals surface area contributed by atoms with Crippen LogP contribution in [0.2, 0.25) is 0 Å². The molecule has 0 aliphatic heterocycles. The molecule has 1 aromatic carbocycles. The second-order valence-electron chi connectivity index (χ2n) is 5.68. The number of hydrogen-bond acceptors (Lipinski definition) is 4. The summed E-state index contributed by atoms with van der Waals surface area (Å²) >= 11 is 0. The fraction of sp³-hybridized carbons (Fsp3) is 0.500. The summed E-state index contributed by atoms with van der Waals surface area (Å²) in [7, 11) is 1.35. The topological polar surface area (TPSA) is 52.6 Å². The Morgan fingerprint density at radius 2 is 1.60 bits per heavy atom. The van der Waals surface area contributed by atoms with Gasteiger partial charge in [-0.15, -0.1) is 0 Å². The van der Waals surface area contributed by atoms with E-state index in [4.69, 9.17) is 9.47 Å². The highest BCUT2D eigenvalue weighted by atomic mass is 16.6. The van der Waals surface area contributed by atoms with E-state index in [0.29, 0.717) is 0 Å². The van der Waals surface area contributed by atoms with Gasteiger partial charge in [0.15, 0.2) is 0 Å². The van der Waals surface area contributed by atoms with Crippen LogP contribution in [0.3, 0.4) is 0 Å². The fourth-order valence-electron chi connectivity index (χ4n) is 1.90. The van der Waals surface area contributed by atoms with E-state index in [1.54, 1.807) is 0 Å². The van der Waals surface area contributed by atoms with E-state index in [1.165, 1.54) is 7.11 Å². The van der Waals surface area contributed by atoms with Crippen LogP contribution >= 0.6 is 0 Å². The van der Waals surface area contributed by atoms with E-state index >= 15 is 0 Å². The molecular formula is C16H22O4. The van der Waals surface area contributed by atoms with Crippen LogP contribution < -0.4 is 0 Å². The van der Waals surface area contributed by atoms with Crippen molar-refractivity contribution in [2.75, 3.05) is 7.11 Å². The molecule has 0 radical (unpaired) electrons. The van der Waals surface area contributed by atoms with Crippen LogP contribution in [-0.4, -0.2) is 24.6 Å². The zero-order valence-electron chi connectivity index (χ0n) is 12.5. The number of hydrogen-bond donors (Lipinski definition) is 0. The second-order valence-corrected chi connectivity index (χ2v) is 5.68. The van der Waals surface area contributed by atoms with Crippen LogP contribution in [-0.2, 0) is 19.1 Å². The first kappa shape index (κ1) is 16.2. The highest BCUT2D eigenvalue weighted by Gasteiger charge is 2.23. The summed E-state index contributed by atoms with van der Waals surface area (Å²) in [6.07, 6.45) is 0.330. The zero-order valence-corrected chi connectivity index (χ0v) is 12.5. The molecule has 0 heterocycles. The third-order valence-corrected chi connectivity index (χ3v) is 2.74. The Morgan fingerprint density at radius 3 is 2.10 bits per heavy atom.